The summed E-state index contributed by atoms with van der Waals surface area (Å²) in [5.41, 5.74) is 1.34. The molecule has 1 N–H and O–H groups in total. The highest BCUT2D eigenvalue weighted by atomic mass is 16.3. The minimum Gasteiger partial charge on any atom is -0.389 e. The van der Waals surface area contributed by atoms with Crippen LogP contribution in [0.3, 0.4) is 0 Å². The van der Waals surface area contributed by atoms with E-state index < -0.39 is 5.60 Å². The number of nitrogens with zero attached hydrogens (tertiary/aromatic N) is 2. The van der Waals surface area contributed by atoms with E-state index in [0.29, 0.717) is 32.4 Å². The second-order valence-electron chi connectivity index (χ2n) is 6.92. The summed E-state index contributed by atoms with van der Waals surface area (Å²) >= 11 is 0. The van der Waals surface area contributed by atoms with Crippen LogP contribution in [-0.2, 0) is 17.6 Å². The van der Waals surface area contributed by atoms with Crippen LogP contribution in [0, 0.1) is 17.2 Å². The minimum atomic E-state index is -0.548. The van der Waals surface area contributed by atoms with Crippen LogP contribution >= 0.6 is 0 Å². The van der Waals surface area contributed by atoms with Crippen molar-refractivity contribution in [3.63, 3.8) is 0 Å². The van der Waals surface area contributed by atoms with Crippen molar-refractivity contribution in [1.82, 2.24) is 4.90 Å². The lowest BCUT2D eigenvalue weighted by molar-refractivity contribution is -0.142. The van der Waals surface area contributed by atoms with Crippen molar-refractivity contribution < 1.29 is 9.90 Å². The number of likely N-dealkylation sites (tertiary alicyclic amines) is 1. The number of nitriles is 1. The third-order valence-corrected chi connectivity index (χ3v) is 5.51. The van der Waals surface area contributed by atoms with Gasteiger partial charge >= 0.3 is 0 Å². The van der Waals surface area contributed by atoms with Gasteiger partial charge in [0.2, 0.25) is 5.91 Å². The van der Waals surface area contributed by atoms with Crippen molar-refractivity contribution in [2.45, 2.75) is 50.5 Å². The Morgan fingerprint density at radius 2 is 2.09 bits per heavy atom. The molecule has 1 aliphatic heterocycles. The van der Waals surface area contributed by atoms with Crippen LogP contribution in [-0.4, -0.2) is 34.6 Å². The highest BCUT2D eigenvalue weighted by Gasteiger charge is 2.43. The van der Waals surface area contributed by atoms with E-state index >= 15 is 0 Å². The van der Waals surface area contributed by atoms with Crippen molar-refractivity contribution >= 4 is 5.91 Å². The fourth-order valence-electron chi connectivity index (χ4n) is 4.06. The number of carbonyl (C=O) groups excluding carboxylic acids is 1. The molecule has 1 saturated heterocycles. The Labute approximate surface area is 137 Å². The second-order valence-corrected chi connectivity index (χ2v) is 6.92. The quantitative estimate of drug-likeness (QED) is 0.932. The Morgan fingerprint density at radius 3 is 2.87 bits per heavy atom. The molecule has 4 heteroatoms. The third-order valence-electron chi connectivity index (χ3n) is 5.51. The summed E-state index contributed by atoms with van der Waals surface area (Å²) in [4.78, 5) is 14.6. The number of fused-ring (bicyclic) bond motifs is 1. The van der Waals surface area contributed by atoms with Gasteiger partial charge in [0.15, 0.2) is 0 Å². The standard InChI is InChI=1S/C19H24N2O2/c20-11-8-15-5-1-2-6-16(15)13-18(22)21-12-10-19(23)9-4-3-7-17(19)14-21/h1-2,5-6,17,23H,3-4,7-10,12-14H2. The lowest BCUT2D eigenvalue weighted by atomic mass is 9.71. The molecule has 0 spiro atoms. The monoisotopic (exact) mass is 312 g/mol. The van der Waals surface area contributed by atoms with E-state index in [4.69, 9.17) is 5.26 Å². The van der Waals surface area contributed by atoms with Crippen molar-refractivity contribution in [2.75, 3.05) is 13.1 Å². The average Bonchev–Trinajstić information content (AvgIpc) is 2.56. The highest BCUT2D eigenvalue weighted by molar-refractivity contribution is 5.79. The topological polar surface area (TPSA) is 64.3 Å². The summed E-state index contributed by atoms with van der Waals surface area (Å²) in [5, 5.41) is 19.6. The van der Waals surface area contributed by atoms with Gasteiger partial charge in [-0.15, -0.1) is 0 Å². The highest BCUT2D eigenvalue weighted by Crippen LogP contribution is 2.39. The first-order valence-corrected chi connectivity index (χ1v) is 8.56. The molecule has 1 aromatic carbocycles. The Hall–Kier alpha value is -1.86. The molecule has 2 fully saturated rings. The maximum Gasteiger partial charge on any atom is 0.227 e. The van der Waals surface area contributed by atoms with Crippen LogP contribution in [0.5, 0.6) is 0 Å². The van der Waals surface area contributed by atoms with Gasteiger partial charge in [0.05, 0.1) is 24.5 Å². The summed E-state index contributed by atoms with van der Waals surface area (Å²) in [6, 6.07) is 9.84. The second kappa shape index (κ2) is 6.72. The molecule has 0 bridgehead atoms. The van der Waals surface area contributed by atoms with Gasteiger partial charge in [0.1, 0.15) is 0 Å². The number of aliphatic hydroxyl groups is 1. The molecule has 1 amide bonds. The minimum absolute atomic E-state index is 0.114. The van der Waals surface area contributed by atoms with E-state index in [0.717, 1.165) is 36.8 Å². The van der Waals surface area contributed by atoms with E-state index in [9.17, 15) is 9.90 Å². The zero-order valence-electron chi connectivity index (χ0n) is 13.5. The number of carbonyl (C=O) groups is 1. The van der Waals surface area contributed by atoms with Gasteiger partial charge in [-0.05, 0) is 30.4 Å². The van der Waals surface area contributed by atoms with Crippen molar-refractivity contribution in [1.29, 1.82) is 5.26 Å². The molecule has 1 aliphatic carbocycles. The molecule has 1 heterocycles. The summed E-state index contributed by atoms with van der Waals surface area (Å²) in [6.07, 6.45) is 5.54. The van der Waals surface area contributed by atoms with Gasteiger partial charge in [-0.2, -0.15) is 5.26 Å². The lowest BCUT2D eigenvalue weighted by Gasteiger charge is -2.47. The van der Waals surface area contributed by atoms with Crippen LogP contribution in [0.25, 0.3) is 0 Å². The Balaban J connectivity index is 1.67. The first kappa shape index (κ1) is 16.0. The predicted octanol–water partition coefficient (Wildman–Crippen LogP) is 2.45. The first-order chi connectivity index (χ1) is 11.1. The molecule has 23 heavy (non-hydrogen) atoms. The van der Waals surface area contributed by atoms with Crippen LogP contribution in [0.15, 0.2) is 24.3 Å². The van der Waals surface area contributed by atoms with Crippen LogP contribution in [0.1, 0.15) is 43.2 Å². The average molecular weight is 312 g/mol. The van der Waals surface area contributed by atoms with E-state index in [1.165, 1.54) is 0 Å². The molecule has 4 nitrogen and oxygen atoms in total. The molecule has 0 radical (unpaired) electrons. The molecule has 1 aromatic rings. The van der Waals surface area contributed by atoms with Gasteiger partial charge in [0, 0.05) is 19.0 Å². The molecule has 122 valence electrons. The van der Waals surface area contributed by atoms with Gasteiger partial charge in [-0.1, -0.05) is 37.1 Å². The molecule has 2 aliphatic rings. The normalized spacial score (nSPS) is 27.1. The fourth-order valence-corrected chi connectivity index (χ4v) is 4.06. The SMILES string of the molecule is N#CCc1ccccc1CC(=O)N1CCC2(O)CCCCC2C1. The number of piperidine rings is 1. The Kier molecular flexibility index (Phi) is 4.68. The number of hydrogen-bond acceptors (Lipinski definition) is 3. The summed E-state index contributed by atoms with van der Waals surface area (Å²) in [7, 11) is 0. The summed E-state index contributed by atoms with van der Waals surface area (Å²) in [5.74, 6) is 0.339. The lowest BCUT2D eigenvalue weighted by Crippen LogP contribution is -2.54. The molecule has 2 atom stereocenters. The largest absolute Gasteiger partial charge is 0.389 e. The fraction of sp³-hybridized carbons (Fsp3) is 0.579. The Morgan fingerprint density at radius 1 is 1.30 bits per heavy atom. The number of hydrogen-bond donors (Lipinski definition) is 1. The van der Waals surface area contributed by atoms with Crippen molar-refractivity contribution in [3.05, 3.63) is 35.4 Å². The molecular formula is C19H24N2O2. The molecule has 3 rings (SSSR count). The maximum atomic E-state index is 12.7. The number of rotatable bonds is 3. The zero-order valence-corrected chi connectivity index (χ0v) is 13.5. The van der Waals surface area contributed by atoms with E-state index in [1.807, 2.05) is 29.2 Å². The van der Waals surface area contributed by atoms with E-state index in [2.05, 4.69) is 6.07 Å². The molecule has 1 saturated carbocycles. The Bertz CT molecular complexity index is 622. The molecule has 2 unspecified atom stereocenters. The zero-order chi connectivity index (χ0) is 16.3. The van der Waals surface area contributed by atoms with Crippen molar-refractivity contribution in [2.24, 2.45) is 5.92 Å². The van der Waals surface area contributed by atoms with E-state index in [1.54, 1.807) is 0 Å². The summed E-state index contributed by atoms with van der Waals surface area (Å²) in [6.45, 7) is 1.32. The van der Waals surface area contributed by atoms with E-state index in [-0.39, 0.29) is 11.8 Å². The van der Waals surface area contributed by atoms with Gasteiger partial charge < -0.3 is 10.0 Å². The predicted molar refractivity (Wildman–Crippen MR) is 87.6 cm³/mol. The number of amides is 1. The van der Waals surface area contributed by atoms with Crippen molar-refractivity contribution in [3.8, 4) is 6.07 Å². The van der Waals surface area contributed by atoms with Crippen LogP contribution in [0.4, 0.5) is 0 Å². The van der Waals surface area contributed by atoms with Crippen LogP contribution < -0.4 is 0 Å². The number of benzene rings is 1. The van der Waals surface area contributed by atoms with Gasteiger partial charge in [-0.25, -0.2) is 0 Å². The third kappa shape index (κ3) is 3.40. The summed E-state index contributed by atoms with van der Waals surface area (Å²) < 4.78 is 0. The smallest absolute Gasteiger partial charge is 0.227 e. The molecule has 0 aromatic heterocycles. The molecular weight excluding hydrogens is 288 g/mol. The van der Waals surface area contributed by atoms with Gasteiger partial charge in [-0.3, -0.25) is 4.79 Å². The first-order valence-electron chi connectivity index (χ1n) is 8.56. The van der Waals surface area contributed by atoms with Gasteiger partial charge in [0.25, 0.3) is 0 Å². The maximum absolute atomic E-state index is 12.7. The van der Waals surface area contributed by atoms with Crippen LogP contribution in [0.2, 0.25) is 0 Å².